The molecule has 0 radical (unpaired) electrons. The van der Waals surface area contributed by atoms with E-state index in [9.17, 15) is 0 Å². The van der Waals surface area contributed by atoms with Crippen LogP contribution in [-0.4, -0.2) is 17.1 Å². The minimum Gasteiger partial charge on any atom is -0.311 e. The predicted molar refractivity (Wildman–Crippen MR) is 86.2 cm³/mol. The maximum absolute atomic E-state index is 4.50. The third-order valence-electron chi connectivity index (χ3n) is 5.11. The summed E-state index contributed by atoms with van der Waals surface area (Å²) in [5, 5.41) is 3.68. The van der Waals surface area contributed by atoms with Crippen molar-refractivity contribution >= 4 is 0 Å². The van der Waals surface area contributed by atoms with Crippen LogP contribution in [0.15, 0.2) is 48.8 Å². The number of rotatable bonds is 2. The number of nitrogens with one attached hydrogen (secondary N) is 1. The van der Waals surface area contributed by atoms with Crippen LogP contribution in [0.3, 0.4) is 0 Å². The van der Waals surface area contributed by atoms with Gasteiger partial charge in [-0.05, 0) is 55.2 Å². The number of benzene rings is 1. The first-order valence-electron chi connectivity index (χ1n) is 8.15. The summed E-state index contributed by atoms with van der Waals surface area (Å²) in [6, 6.07) is 14.5. The van der Waals surface area contributed by atoms with E-state index in [0.717, 1.165) is 12.1 Å². The Kier molecular flexibility index (Phi) is 3.48. The van der Waals surface area contributed by atoms with Crippen LogP contribution in [-0.2, 0) is 0 Å². The van der Waals surface area contributed by atoms with E-state index in [1.807, 2.05) is 6.20 Å². The fourth-order valence-corrected chi connectivity index (χ4v) is 3.81. The average Bonchev–Trinajstić information content (AvgIpc) is 2.46. The summed E-state index contributed by atoms with van der Waals surface area (Å²) < 4.78 is 0. The Bertz CT molecular complexity index is 590. The summed E-state index contributed by atoms with van der Waals surface area (Å²) in [6.45, 7) is 0. The highest BCUT2D eigenvalue weighted by Crippen LogP contribution is 2.35. The highest BCUT2D eigenvalue weighted by molar-refractivity contribution is 5.62. The van der Waals surface area contributed by atoms with Gasteiger partial charge in [0, 0.05) is 30.0 Å². The normalized spacial score (nSPS) is 28.3. The van der Waals surface area contributed by atoms with E-state index in [0.29, 0.717) is 5.92 Å². The van der Waals surface area contributed by atoms with E-state index in [1.165, 1.54) is 48.8 Å². The van der Waals surface area contributed by atoms with Crippen molar-refractivity contribution in [2.24, 2.45) is 0 Å². The van der Waals surface area contributed by atoms with Crippen LogP contribution in [0.1, 0.15) is 43.6 Å². The third kappa shape index (κ3) is 2.73. The van der Waals surface area contributed by atoms with Crippen LogP contribution in [0, 0.1) is 0 Å². The number of pyridine rings is 1. The zero-order valence-electron chi connectivity index (χ0n) is 12.3. The van der Waals surface area contributed by atoms with E-state index >= 15 is 0 Å². The number of aromatic nitrogens is 1. The first-order chi connectivity index (χ1) is 10.4. The summed E-state index contributed by atoms with van der Waals surface area (Å²) in [7, 11) is 0. The zero-order chi connectivity index (χ0) is 14.1. The van der Waals surface area contributed by atoms with Crippen LogP contribution in [0.5, 0.6) is 0 Å². The molecule has 2 heteroatoms. The van der Waals surface area contributed by atoms with E-state index < -0.39 is 0 Å². The second kappa shape index (κ2) is 5.61. The Morgan fingerprint density at radius 3 is 2.29 bits per heavy atom. The van der Waals surface area contributed by atoms with Gasteiger partial charge in [-0.2, -0.15) is 0 Å². The quantitative estimate of drug-likeness (QED) is 0.893. The van der Waals surface area contributed by atoms with Crippen molar-refractivity contribution in [3.63, 3.8) is 0 Å². The molecule has 1 aromatic heterocycles. The number of fused-ring (bicyclic) bond motifs is 4. The molecule has 5 rings (SSSR count). The molecule has 2 saturated heterocycles. The molecule has 2 atom stereocenters. The highest BCUT2D eigenvalue weighted by Gasteiger charge is 2.31. The predicted octanol–water partition coefficient (Wildman–Crippen LogP) is 4.14. The monoisotopic (exact) mass is 278 g/mol. The third-order valence-corrected chi connectivity index (χ3v) is 5.11. The number of nitrogens with zero attached hydrogens (tertiary/aromatic N) is 1. The molecule has 0 amide bonds. The Morgan fingerprint density at radius 2 is 1.57 bits per heavy atom. The minimum atomic E-state index is 0.688. The topological polar surface area (TPSA) is 24.9 Å². The molecule has 21 heavy (non-hydrogen) atoms. The van der Waals surface area contributed by atoms with Crippen molar-refractivity contribution in [3.05, 3.63) is 54.4 Å². The molecule has 3 aliphatic rings. The molecule has 2 unspecified atom stereocenters. The highest BCUT2D eigenvalue weighted by atomic mass is 15.0. The fourth-order valence-electron chi connectivity index (χ4n) is 3.81. The summed E-state index contributed by atoms with van der Waals surface area (Å²) in [5.74, 6) is 0.688. The van der Waals surface area contributed by atoms with Crippen molar-refractivity contribution in [2.75, 3.05) is 0 Å². The molecule has 2 bridgehead atoms. The van der Waals surface area contributed by atoms with Gasteiger partial charge < -0.3 is 5.32 Å². The Hall–Kier alpha value is -1.67. The molecule has 2 nitrogen and oxygen atoms in total. The first-order valence-corrected chi connectivity index (χ1v) is 8.15. The van der Waals surface area contributed by atoms with Gasteiger partial charge in [0.2, 0.25) is 0 Å². The number of hydrogen-bond acceptors (Lipinski definition) is 2. The van der Waals surface area contributed by atoms with Gasteiger partial charge in [0.15, 0.2) is 0 Å². The fraction of sp³-hybridized carbons (Fsp3) is 0.421. The van der Waals surface area contributed by atoms with Gasteiger partial charge in [-0.25, -0.2) is 0 Å². The molecular weight excluding hydrogens is 256 g/mol. The van der Waals surface area contributed by atoms with E-state index in [-0.39, 0.29) is 0 Å². The molecule has 1 saturated carbocycles. The first kappa shape index (κ1) is 13.0. The Labute approximate surface area is 126 Å². The second-order valence-corrected chi connectivity index (χ2v) is 6.52. The lowest BCUT2D eigenvalue weighted by Gasteiger charge is -2.41. The van der Waals surface area contributed by atoms with Crippen LogP contribution < -0.4 is 5.32 Å². The van der Waals surface area contributed by atoms with Gasteiger partial charge in [-0.15, -0.1) is 0 Å². The van der Waals surface area contributed by atoms with Gasteiger partial charge in [-0.1, -0.05) is 30.3 Å². The van der Waals surface area contributed by atoms with Crippen molar-refractivity contribution in [1.82, 2.24) is 10.3 Å². The minimum absolute atomic E-state index is 0.688. The summed E-state index contributed by atoms with van der Waals surface area (Å²) in [6.07, 6.45) is 10.7. The van der Waals surface area contributed by atoms with Crippen molar-refractivity contribution in [2.45, 2.75) is 50.1 Å². The standard InChI is InChI=1S/C19H22N2/c1-2-4-14(5-3-1)16-10-17(13-20-12-16)15-6-8-18-11-19(21-18)9-7-15/h1-5,10,12-13,15,18-19,21H,6-9,11H2. The molecule has 2 aliphatic heterocycles. The average molecular weight is 278 g/mol. The molecule has 3 heterocycles. The van der Waals surface area contributed by atoms with Crippen LogP contribution in [0.4, 0.5) is 0 Å². The van der Waals surface area contributed by atoms with Gasteiger partial charge in [0.1, 0.15) is 0 Å². The molecule has 1 aromatic carbocycles. The van der Waals surface area contributed by atoms with Gasteiger partial charge in [-0.3, -0.25) is 4.98 Å². The lowest BCUT2D eigenvalue weighted by molar-refractivity contribution is 0.202. The smallest absolute Gasteiger partial charge is 0.0346 e. The Morgan fingerprint density at radius 1 is 0.857 bits per heavy atom. The van der Waals surface area contributed by atoms with Crippen LogP contribution in [0.2, 0.25) is 0 Å². The van der Waals surface area contributed by atoms with Gasteiger partial charge in [0.25, 0.3) is 0 Å². The lowest BCUT2D eigenvalue weighted by Crippen LogP contribution is -2.53. The molecule has 0 spiro atoms. The van der Waals surface area contributed by atoms with Crippen LogP contribution >= 0.6 is 0 Å². The van der Waals surface area contributed by atoms with Gasteiger partial charge in [0.05, 0.1) is 0 Å². The molecule has 108 valence electrons. The summed E-state index contributed by atoms with van der Waals surface area (Å²) in [4.78, 5) is 4.50. The molecule has 1 N–H and O–H groups in total. The Balaban J connectivity index is 1.57. The summed E-state index contributed by atoms with van der Waals surface area (Å²) in [5.41, 5.74) is 3.94. The second-order valence-electron chi connectivity index (χ2n) is 6.52. The SMILES string of the molecule is c1ccc(-c2cncc(C3CCC4CC(CC3)N4)c2)cc1. The lowest BCUT2D eigenvalue weighted by atomic mass is 9.78. The van der Waals surface area contributed by atoms with Gasteiger partial charge >= 0.3 is 0 Å². The van der Waals surface area contributed by atoms with E-state index in [2.05, 4.69) is 52.9 Å². The van der Waals surface area contributed by atoms with E-state index in [1.54, 1.807) is 0 Å². The van der Waals surface area contributed by atoms with Crippen molar-refractivity contribution in [1.29, 1.82) is 0 Å². The van der Waals surface area contributed by atoms with Crippen molar-refractivity contribution in [3.8, 4) is 11.1 Å². The molecule has 2 aromatic rings. The maximum atomic E-state index is 4.50. The van der Waals surface area contributed by atoms with Crippen molar-refractivity contribution < 1.29 is 0 Å². The summed E-state index contributed by atoms with van der Waals surface area (Å²) >= 11 is 0. The van der Waals surface area contributed by atoms with E-state index in [4.69, 9.17) is 0 Å². The molecule has 3 fully saturated rings. The van der Waals surface area contributed by atoms with Crippen LogP contribution in [0.25, 0.3) is 11.1 Å². The molecular formula is C19H22N2. The largest absolute Gasteiger partial charge is 0.311 e. The number of hydrogen-bond donors (Lipinski definition) is 1. The zero-order valence-corrected chi connectivity index (χ0v) is 12.3. The molecule has 1 aliphatic carbocycles. The maximum Gasteiger partial charge on any atom is 0.0346 e.